The third kappa shape index (κ3) is 9.40. The lowest BCUT2D eigenvalue weighted by molar-refractivity contribution is 0.481. The molecule has 0 aliphatic heterocycles. The van der Waals surface area contributed by atoms with E-state index in [-0.39, 0.29) is 0 Å². The van der Waals surface area contributed by atoms with E-state index in [0.29, 0.717) is 45.3 Å². The van der Waals surface area contributed by atoms with Gasteiger partial charge in [0.05, 0.1) is 62.3 Å². The predicted octanol–water partition coefficient (Wildman–Crippen LogP) is 23.5. The van der Waals surface area contributed by atoms with E-state index in [4.69, 9.17) is 35.5 Å². The summed E-state index contributed by atoms with van der Waals surface area (Å²) in [6.07, 6.45) is 6.54. The van der Waals surface area contributed by atoms with Crippen molar-refractivity contribution in [2.24, 2.45) is 0 Å². The first-order valence-electron chi connectivity index (χ1n) is 32.4. The van der Waals surface area contributed by atoms with Crippen LogP contribution in [-0.2, 0) is 10.8 Å². The van der Waals surface area contributed by atoms with Crippen LogP contribution >= 0.6 is 11.3 Å². The standard InChI is InChI=1S/C90H56N4O4S/c1-6-55-24-38-65(39-25-55)97-67-46-33-60(34-47-67)90(61-35-48-68(49-36-61)98-66-40-26-56(7-2)27-41-66)78-21-13-11-17-72(78)82-74(19-15-23-80(82)90)88-86-85(93-83-69-50-28-57(54-91)52-75(69)76-53-62(92-5)37-51-70(76)84(83)94-86)87(99-88)73-18-14-22-79-81(73)71-16-10-12-20-77(71)89(79,58-29-42-63(43-30-58)95-8-3)59-31-44-64(45-32-59)96-9-4/h6-53H,1-4H2. The summed E-state index contributed by atoms with van der Waals surface area (Å²) < 4.78 is 24.8. The molecule has 0 unspecified atom stereocenters. The monoisotopic (exact) mass is 1290 g/mol. The fourth-order valence-corrected chi connectivity index (χ4v) is 16.5. The molecule has 2 heterocycles. The second-order valence-corrected chi connectivity index (χ2v) is 25.6. The van der Waals surface area contributed by atoms with E-state index in [1.807, 2.05) is 121 Å². The zero-order valence-electron chi connectivity index (χ0n) is 53.4. The maximum Gasteiger partial charge on any atom is 0.187 e. The number of ether oxygens (including phenoxy) is 4. The van der Waals surface area contributed by atoms with E-state index in [1.165, 1.54) is 12.5 Å². The first kappa shape index (κ1) is 59.6. The van der Waals surface area contributed by atoms with Gasteiger partial charge in [0.2, 0.25) is 0 Å². The summed E-state index contributed by atoms with van der Waals surface area (Å²) in [6.45, 7) is 23.7. The van der Waals surface area contributed by atoms with Gasteiger partial charge in [-0.25, -0.2) is 14.8 Å². The summed E-state index contributed by atoms with van der Waals surface area (Å²) in [6, 6.07) is 94.3. The maximum absolute atomic E-state index is 10.4. The third-order valence-corrected chi connectivity index (χ3v) is 20.8. The molecule has 0 radical (unpaired) electrons. The van der Waals surface area contributed by atoms with Gasteiger partial charge < -0.3 is 18.9 Å². The van der Waals surface area contributed by atoms with Crippen molar-refractivity contribution in [3.8, 4) is 83.7 Å². The molecule has 0 spiro atoms. The Bertz CT molecular complexity index is 5790. The Hall–Kier alpha value is -13.2. The van der Waals surface area contributed by atoms with E-state index in [0.717, 1.165) is 143 Å². The number of hydrogen-bond acceptors (Lipinski definition) is 8. The topological polar surface area (TPSA) is 90.9 Å². The van der Waals surface area contributed by atoms with Crippen molar-refractivity contribution in [2.75, 3.05) is 0 Å². The number of rotatable bonds is 16. The summed E-state index contributed by atoms with van der Waals surface area (Å²) in [5.74, 6) is 4.19. The summed E-state index contributed by atoms with van der Waals surface area (Å²) in [5, 5.41) is 13.7. The van der Waals surface area contributed by atoms with E-state index in [9.17, 15) is 5.26 Å². The van der Waals surface area contributed by atoms with Gasteiger partial charge >= 0.3 is 0 Å². The van der Waals surface area contributed by atoms with Crippen LogP contribution in [0.5, 0.6) is 34.5 Å². The average Bonchev–Trinajstić information content (AvgIpc) is 1.54. The Morgan fingerprint density at radius 3 is 1.16 bits per heavy atom. The number of aromatic nitrogens is 2. The Morgan fingerprint density at radius 2 is 0.758 bits per heavy atom. The summed E-state index contributed by atoms with van der Waals surface area (Å²) in [4.78, 5) is 17.7. The summed E-state index contributed by atoms with van der Waals surface area (Å²) >= 11 is 1.70. The van der Waals surface area contributed by atoms with Crippen molar-refractivity contribution >= 4 is 72.8 Å². The fourth-order valence-electron chi connectivity index (χ4n) is 15.3. The van der Waals surface area contributed by atoms with Gasteiger partial charge in [0.15, 0.2) is 5.69 Å². The molecule has 0 saturated heterocycles. The molecule has 0 amide bonds. The lowest BCUT2D eigenvalue weighted by Gasteiger charge is -2.34. The van der Waals surface area contributed by atoms with Crippen molar-refractivity contribution in [1.29, 1.82) is 5.26 Å². The molecule has 0 fully saturated rings. The van der Waals surface area contributed by atoms with E-state index >= 15 is 0 Å². The maximum atomic E-state index is 10.4. The van der Waals surface area contributed by atoms with E-state index in [2.05, 4.69) is 195 Å². The van der Waals surface area contributed by atoms with Crippen LogP contribution in [0.15, 0.2) is 306 Å². The second kappa shape index (κ2) is 23.9. The van der Waals surface area contributed by atoms with Crippen LogP contribution in [0.2, 0.25) is 0 Å². The molecule has 99 heavy (non-hydrogen) atoms. The van der Waals surface area contributed by atoms with Crippen LogP contribution in [0.1, 0.15) is 61.2 Å². The lowest BCUT2D eigenvalue weighted by atomic mass is 9.67. The molecule has 8 nitrogen and oxygen atoms in total. The highest BCUT2D eigenvalue weighted by atomic mass is 32.1. The van der Waals surface area contributed by atoms with Crippen LogP contribution in [-0.4, -0.2) is 9.97 Å². The molecule has 9 heteroatoms. The van der Waals surface area contributed by atoms with Gasteiger partial charge in [-0.1, -0.05) is 214 Å². The highest BCUT2D eigenvalue weighted by molar-refractivity contribution is 7.21. The van der Waals surface area contributed by atoms with E-state index in [1.54, 1.807) is 11.3 Å². The van der Waals surface area contributed by atoms with Crippen molar-refractivity contribution in [3.05, 3.63) is 378 Å². The molecule has 0 atom stereocenters. The number of thiophene rings is 1. The second-order valence-electron chi connectivity index (χ2n) is 24.6. The normalized spacial score (nSPS) is 12.7. The van der Waals surface area contributed by atoms with Crippen LogP contribution in [0.25, 0.3) is 104 Å². The highest BCUT2D eigenvalue weighted by Crippen LogP contribution is 2.63. The Balaban J connectivity index is 0.943. The quantitative estimate of drug-likeness (QED) is 0.0541. The van der Waals surface area contributed by atoms with Crippen LogP contribution < -0.4 is 18.9 Å². The highest BCUT2D eigenvalue weighted by Gasteiger charge is 2.49. The number of benzene rings is 13. The fraction of sp³-hybridized carbons (Fsp3) is 0.0222. The molecular weight excluding hydrogens is 1230 g/mol. The third-order valence-electron chi connectivity index (χ3n) is 19.5. The minimum atomic E-state index is -0.873. The predicted molar refractivity (Wildman–Crippen MR) is 401 cm³/mol. The Kier molecular flexibility index (Phi) is 14.4. The molecule has 466 valence electrons. The largest absolute Gasteiger partial charge is 0.466 e. The van der Waals surface area contributed by atoms with Gasteiger partial charge in [-0.15, -0.1) is 11.3 Å². The first-order chi connectivity index (χ1) is 48.7. The van der Waals surface area contributed by atoms with Crippen LogP contribution in [0.3, 0.4) is 0 Å². The van der Waals surface area contributed by atoms with Gasteiger partial charge in [0.25, 0.3) is 0 Å². The molecule has 17 rings (SSSR count). The average molecular weight is 1290 g/mol. The SMILES string of the molecule is [C-]#[N+]c1ccc2c(c1)c1cc(C#N)ccc1c1nc3c(-c4cccc5c4-c4ccccc4C5(c4ccc(OC=C)cc4)c4ccc(OC=C)cc4)sc(-c4cccc5c4-c4ccccc4C5(c4ccc(Oc5ccc(C=C)cc5)cc4)c4ccc(Oc5ccc(C=C)cc5)cc4)c3nc21. The molecule has 2 aliphatic rings. The van der Waals surface area contributed by atoms with Gasteiger partial charge in [0.1, 0.15) is 45.5 Å². The molecule has 0 N–H and O–H groups in total. The number of nitrogens with zero attached hydrogens (tertiary/aromatic N) is 4. The molecule has 13 aromatic carbocycles. The minimum absolute atomic E-state index is 0.484. The molecule has 2 aromatic heterocycles. The van der Waals surface area contributed by atoms with Crippen molar-refractivity contribution in [2.45, 2.75) is 10.8 Å². The van der Waals surface area contributed by atoms with E-state index < -0.39 is 10.8 Å². The van der Waals surface area contributed by atoms with Crippen LogP contribution in [0, 0.1) is 17.9 Å². The number of fused-ring (bicyclic) bond motifs is 13. The van der Waals surface area contributed by atoms with Crippen molar-refractivity contribution in [1.82, 2.24) is 9.97 Å². The molecular formula is C90H56N4O4S. The lowest BCUT2D eigenvalue weighted by Crippen LogP contribution is -2.28. The van der Waals surface area contributed by atoms with Gasteiger partial charge in [-0.3, -0.25) is 0 Å². The number of nitriles is 1. The van der Waals surface area contributed by atoms with Gasteiger partial charge in [-0.2, -0.15) is 5.26 Å². The summed E-state index contributed by atoms with van der Waals surface area (Å²) in [5.41, 5.74) is 19.0. The van der Waals surface area contributed by atoms with Crippen molar-refractivity contribution in [3.63, 3.8) is 0 Å². The smallest absolute Gasteiger partial charge is 0.187 e. The number of hydrogen-bond donors (Lipinski definition) is 0. The Labute approximate surface area is 576 Å². The zero-order chi connectivity index (χ0) is 66.9. The van der Waals surface area contributed by atoms with Crippen LogP contribution in [0.4, 0.5) is 5.69 Å². The Morgan fingerprint density at radius 1 is 0.384 bits per heavy atom. The zero-order valence-corrected chi connectivity index (χ0v) is 54.2. The summed E-state index contributed by atoms with van der Waals surface area (Å²) in [7, 11) is 0. The van der Waals surface area contributed by atoms with Gasteiger partial charge in [0, 0.05) is 21.9 Å². The molecule has 0 saturated carbocycles. The molecule has 2 aliphatic carbocycles. The van der Waals surface area contributed by atoms with Crippen molar-refractivity contribution < 1.29 is 18.9 Å². The van der Waals surface area contributed by atoms with Gasteiger partial charge in [-0.05, 0) is 180 Å². The molecule has 15 aromatic rings. The minimum Gasteiger partial charge on any atom is -0.466 e. The first-order valence-corrected chi connectivity index (χ1v) is 33.2. The molecule has 0 bridgehead atoms.